The second-order valence-corrected chi connectivity index (χ2v) is 3.80. The van der Waals surface area contributed by atoms with Crippen molar-refractivity contribution in [1.82, 2.24) is 4.90 Å². The molecule has 0 bridgehead atoms. The summed E-state index contributed by atoms with van der Waals surface area (Å²) in [5, 5.41) is 8.86. The molecule has 0 saturated carbocycles. The summed E-state index contributed by atoms with van der Waals surface area (Å²) in [5.41, 5.74) is 5.76. The molecule has 0 heterocycles. The van der Waals surface area contributed by atoms with Crippen molar-refractivity contribution in [2.75, 3.05) is 19.7 Å². The second kappa shape index (κ2) is 8.68. The Balaban J connectivity index is 4.13. The molecule has 1 atom stereocenters. The number of hydrogen-bond acceptors (Lipinski definition) is 3. The summed E-state index contributed by atoms with van der Waals surface area (Å²) in [6.45, 7) is 5.20. The maximum atomic E-state index is 11.8. The first-order valence-corrected chi connectivity index (χ1v) is 5.82. The standard InChI is InChI=1S/C11H24N2O2/c1-3-5-7-13(8-9-14)11(15)10(12)6-4-2/h10,14H,3-9,12H2,1-2H3/t10-/m0/s1. The average Bonchev–Trinajstić information content (AvgIpc) is 2.23. The molecule has 1 amide bonds. The maximum Gasteiger partial charge on any atom is 0.239 e. The highest BCUT2D eigenvalue weighted by atomic mass is 16.3. The van der Waals surface area contributed by atoms with E-state index in [0.29, 0.717) is 19.5 Å². The molecule has 4 heteroatoms. The highest BCUT2D eigenvalue weighted by Gasteiger charge is 2.18. The minimum Gasteiger partial charge on any atom is -0.395 e. The fourth-order valence-electron chi connectivity index (χ4n) is 1.47. The second-order valence-electron chi connectivity index (χ2n) is 3.80. The van der Waals surface area contributed by atoms with E-state index < -0.39 is 6.04 Å². The van der Waals surface area contributed by atoms with Gasteiger partial charge in [-0.25, -0.2) is 0 Å². The summed E-state index contributed by atoms with van der Waals surface area (Å²) < 4.78 is 0. The van der Waals surface area contributed by atoms with Gasteiger partial charge in [-0.05, 0) is 12.8 Å². The molecule has 0 saturated heterocycles. The van der Waals surface area contributed by atoms with E-state index in [1.807, 2.05) is 6.92 Å². The first kappa shape index (κ1) is 14.4. The van der Waals surface area contributed by atoms with Crippen LogP contribution in [0, 0.1) is 0 Å². The molecule has 3 N–H and O–H groups in total. The number of unbranched alkanes of at least 4 members (excludes halogenated alkanes) is 1. The molecule has 90 valence electrons. The quantitative estimate of drug-likeness (QED) is 0.628. The Hall–Kier alpha value is -0.610. The van der Waals surface area contributed by atoms with Crippen LogP contribution in [0.25, 0.3) is 0 Å². The van der Waals surface area contributed by atoms with Gasteiger partial charge in [0.15, 0.2) is 0 Å². The molecule has 15 heavy (non-hydrogen) atoms. The van der Waals surface area contributed by atoms with Gasteiger partial charge in [-0.3, -0.25) is 4.79 Å². The molecule has 0 radical (unpaired) electrons. The molecule has 0 unspecified atom stereocenters. The van der Waals surface area contributed by atoms with Gasteiger partial charge in [0, 0.05) is 13.1 Å². The third-order valence-corrected chi connectivity index (χ3v) is 2.38. The first-order valence-electron chi connectivity index (χ1n) is 5.82. The molecule has 0 rings (SSSR count). The van der Waals surface area contributed by atoms with Crippen molar-refractivity contribution in [1.29, 1.82) is 0 Å². The molecule has 0 aliphatic heterocycles. The zero-order chi connectivity index (χ0) is 11.7. The molecule has 0 aromatic rings. The number of nitrogens with two attached hydrogens (primary N) is 1. The topological polar surface area (TPSA) is 66.6 Å². The summed E-state index contributed by atoms with van der Waals surface area (Å²) in [6, 6.07) is -0.404. The van der Waals surface area contributed by atoms with Gasteiger partial charge in [-0.15, -0.1) is 0 Å². The van der Waals surface area contributed by atoms with Crippen molar-refractivity contribution in [3.8, 4) is 0 Å². The summed E-state index contributed by atoms with van der Waals surface area (Å²) in [6.07, 6.45) is 3.63. The number of carbonyl (C=O) groups excluding carboxylic acids is 1. The average molecular weight is 216 g/mol. The van der Waals surface area contributed by atoms with E-state index in [0.717, 1.165) is 19.3 Å². The molecule has 0 aromatic heterocycles. The van der Waals surface area contributed by atoms with E-state index in [-0.39, 0.29) is 12.5 Å². The molecular formula is C11H24N2O2. The van der Waals surface area contributed by atoms with Crippen molar-refractivity contribution in [2.45, 2.75) is 45.6 Å². The van der Waals surface area contributed by atoms with Crippen LogP contribution in [0.2, 0.25) is 0 Å². The van der Waals surface area contributed by atoms with Crippen LogP contribution in [0.1, 0.15) is 39.5 Å². The zero-order valence-corrected chi connectivity index (χ0v) is 9.91. The van der Waals surface area contributed by atoms with Gasteiger partial charge in [0.1, 0.15) is 0 Å². The number of aliphatic hydroxyl groups is 1. The number of carbonyl (C=O) groups is 1. The summed E-state index contributed by atoms with van der Waals surface area (Å²) in [5.74, 6) is -0.0284. The highest BCUT2D eigenvalue weighted by Crippen LogP contribution is 2.02. The molecule has 4 nitrogen and oxygen atoms in total. The van der Waals surface area contributed by atoms with E-state index in [1.54, 1.807) is 4.90 Å². The van der Waals surface area contributed by atoms with Gasteiger partial charge in [-0.1, -0.05) is 26.7 Å². The number of nitrogens with zero attached hydrogens (tertiary/aromatic N) is 1. The number of amides is 1. The first-order chi connectivity index (χ1) is 7.17. The molecule has 0 aliphatic rings. The van der Waals surface area contributed by atoms with E-state index in [1.165, 1.54) is 0 Å². The molecular weight excluding hydrogens is 192 g/mol. The van der Waals surface area contributed by atoms with Gasteiger partial charge in [-0.2, -0.15) is 0 Å². The van der Waals surface area contributed by atoms with Gasteiger partial charge in [0.2, 0.25) is 5.91 Å². The van der Waals surface area contributed by atoms with Crippen LogP contribution < -0.4 is 5.73 Å². The Morgan fingerprint density at radius 3 is 2.47 bits per heavy atom. The van der Waals surface area contributed by atoms with Crippen molar-refractivity contribution in [3.63, 3.8) is 0 Å². The van der Waals surface area contributed by atoms with Gasteiger partial charge >= 0.3 is 0 Å². The highest BCUT2D eigenvalue weighted by molar-refractivity contribution is 5.81. The Kier molecular flexibility index (Phi) is 8.33. The lowest BCUT2D eigenvalue weighted by Gasteiger charge is -2.24. The summed E-state index contributed by atoms with van der Waals surface area (Å²) >= 11 is 0. The normalized spacial score (nSPS) is 12.5. The Bertz CT molecular complexity index is 174. The lowest BCUT2D eigenvalue weighted by atomic mass is 10.1. The predicted molar refractivity (Wildman–Crippen MR) is 61.5 cm³/mol. The van der Waals surface area contributed by atoms with Gasteiger partial charge in [0.05, 0.1) is 12.6 Å². The van der Waals surface area contributed by atoms with Crippen LogP contribution in [0.5, 0.6) is 0 Å². The van der Waals surface area contributed by atoms with Crippen LogP contribution in [-0.2, 0) is 4.79 Å². The minimum absolute atomic E-state index is 0.00823. The van der Waals surface area contributed by atoms with Crippen LogP contribution in [-0.4, -0.2) is 41.7 Å². The van der Waals surface area contributed by atoms with E-state index >= 15 is 0 Å². The fourth-order valence-corrected chi connectivity index (χ4v) is 1.47. The van der Waals surface area contributed by atoms with Gasteiger partial charge in [0.25, 0.3) is 0 Å². The predicted octanol–water partition coefficient (Wildman–Crippen LogP) is 0.735. The summed E-state index contributed by atoms with van der Waals surface area (Å²) in [7, 11) is 0. The van der Waals surface area contributed by atoms with E-state index in [4.69, 9.17) is 10.8 Å². The van der Waals surface area contributed by atoms with Crippen molar-refractivity contribution in [2.24, 2.45) is 5.73 Å². The van der Waals surface area contributed by atoms with Crippen LogP contribution in [0.15, 0.2) is 0 Å². The molecule has 0 aromatic carbocycles. The van der Waals surface area contributed by atoms with Crippen molar-refractivity contribution in [3.05, 3.63) is 0 Å². The Labute approximate surface area is 92.4 Å². The van der Waals surface area contributed by atoms with Gasteiger partial charge < -0.3 is 15.7 Å². The number of rotatable bonds is 8. The number of hydrogen-bond donors (Lipinski definition) is 2. The van der Waals surface area contributed by atoms with Crippen molar-refractivity contribution < 1.29 is 9.90 Å². The number of aliphatic hydroxyl groups excluding tert-OH is 1. The third kappa shape index (κ3) is 5.74. The SMILES string of the molecule is CCCCN(CCO)C(=O)[C@@H](N)CCC. The zero-order valence-electron chi connectivity index (χ0n) is 9.91. The molecule has 0 spiro atoms. The fraction of sp³-hybridized carbons (Fsp3) is 0.909. The third-order valence-electron chi connectivity index (χ3n) is 2.38. The largest absolute Gasteiger partial charge is 0.395 e. The van der Waals surface area contributed by atoms with Crippen LogP contribution >= 0.6 is 0 Å². The summed E-state index contributed by atoms with van der Waals surface area (Å²) in [4.78, 5) is 13.5. The Morgan fingerprint density at radius 2 is 2.00 bits per heavy atom. The lowest BCUT2D eigenvalue weighted by Crippen LogP contribution is -2.45. The molecule has 0 aliphatic carbocycles. The lowest BCUT2D eigenvalue weighted by molar-refractivity contribution is -0.133. The van der Waals surface area contributed by atoms with Crippen molar-refractivity contribution >= 4 is 5.91 Å². The van der Waals surface area contributed by atoms with E-state index in [9.17, 15) is 4.79 Å². The maximum absolute atomic E-state index is 11.8. The molecule has 0 fully saturated rings. The van der Waals surface area contributed by atoms with Crippen LogP contribution in [0.4, 0.5) is 0 Å². The van der Waals surface area contributed by atoms with Crippen LogP contribution in [0.3, 0.4) is 0 Å². The monoisotopic (exact) mass is 216 g/mol. The smallest absolute Gasteiger partial charge is 0.239 e. The Morgan fingerprint density at radius 1 is 1.33 bits per heavy atom. The van der Waals surface area contributed by atoms with E-state index in [2.05, 4.69) is 6.92 Å². The minimum atomic E-state index is -0.404.